The minimum atomic E-state index is -0.530. The summed E-state index contributed by atoms with van der Waals surface area (Å²) in [6.07, 6.45) is 2.53. The topological polar surface area (TPSA) is 58.4 Å². The predicted molar refractivity (Wildman–Crippen MR) is 103 cm³/mol. The highest BCUT2D eigenvalue weighted by Gasteiger charge is 2.24. The van der Waals surface area contributed by atoms with Gasteiger partial charge in [-0.1, -0.05) is 54.1 Å². The highest BCUT2D eigenvalue weighted by molar-refractivity contribution is 6.33. The molecule has 2 aromatic rings. The summed E-state index contributed by atoms with van der Waals surface area (Å²) in [7, 11) is 0. The molecule has 3 N–H and O–H groups in total. The number of nitrogens with zero attached hydrogens (tertiary/aromatic N) is 1. The van der Waals surface area contributed by atoms with Crippen molar-refractivity contribution in [3.8, 4) is 0 Å². The number of piperidine rings is 1. The van der Waals surface area contributed by atoms with E-state index in [-0.39, 0.29) is 11.9 Å². The number of halogens is 1. The van der Waals surface area contributed by atoms with Gasteiger partial charge in [-0.05, 0) is 37.0 Å². The summed E-state index contributed by atoms with van der Waals surface area (Å²) in [5.41, 5.74) is 8.19. The fourth-order valence-corrected chi connectivity index (χ4v) is 3.55. The summed E-state index contributed by atoms with van der Waals surface area (Å²) >= 11 is 6.30. The summed E-state index contributed by atoms with van der Waals surface area (Å²) < 4.78 is 0. The Morgan fingerprint density at radius 3 is 2.68 bits per heavy atom. The van der Waals surface area contributed by atoms with Gasteiger partial charge in [-0.15, -0.1) is 0 Å². The van der Waals surface area contributed by atoms with E-state index in [0.29, 0.717) is 6.42 Å². The van der Waals surface area contributed by atoms with E-state index in [1.165, 1.54) is 0 Å². The lowest BCUT2D eigenvalue weighted by Gasteiger charge is -2.35. The smallest absolute Gasteiger partial charge is 0.237 e. The van der Waals surface area contributed by atoms with E-state index >= 15 is 0 Å². The minimum Gasteiger partial charge on any atom is -0.368 e. The molecule has 25 heavy (non-hydrogen) atoms. The Hall–Kier alpha value is -2.04. The second kappa shape index (κ2) is 8.37. The van der Waals surface area contributed by atoms with Crippen LogP contribution in [0.2, 0.25) is 5.02 Å². The number of nitrogens with two attached hydrogens (primary N) is 1. The van der Waals surface area contributed by atoms with Crippen LogP contribution < -0.4 is 16.0 Å². The molecule has 1 aliphatic rings. The first-order chi connectivity index (χ1) is 12.1. The van der Waals surface area contributed by atoms with Gasteiger partial charge in [-0.2, -0.15) is 0 Å². The van der Waals surface area contributed by atoms with Crippen LogP contribution in [0.4, 0.5) is 5.69 Å². The van der Waals surface area contributed by atoms with Crippen LogP contribution in [-0.4, -0.2) is 31.1 Å². The van der Waals surface area contributed by atoms with E-state index in [9.17, 15) is 4.79 Å². The van der Waals surface area contributed by atoms with E-state index in [0.717, 1.165) is 42.2 Å². The third kappa shape index (κ3) is 4.74. The molecule has 0 aliphatic carbocycles. The minimum absolute atomic E-state index is 0.0881. The van der Waals surface area contributed by atoms with Crippen molar-refractivity contribution in [1.82, 2.24) is 5.32 Å². The van der Waals surface area contributed by atoms with E-state index in [1.54, 1.807) is 0 Å². The molecule has 2 atom stereocenters. The number of anilines is 1. The molecular formula is C20H24ClN3O. The molecule has 2 unspecified atom stereocenters. The van der Waals surface area contributed by atoms with Crippen molar-refractivity contribution in [3.63, 3.8) is 0 Å². The Bertz CT molecular complexity index is 707. The van der Waals surface area contributed by atoms with Crippen molar-refractivity contribution in [2.24, 2.45) is 5.73 Å². The quantitative estimate of drug-likeness (QED) is 0.864. The zero-order valence-corrected chi connectivity index (χ0v) is 15.0. The monoisotopic (exact) mass is 357 g/mol. The third-order valence-corrected chi connectivity index (χ3v) is 4.92. The molecule has 0 spiro atoms. The lowest BCUT2D eigenvalue weighted by atomic mass is 10.0. The van der Waals surface area contributed by atoms with Crippen molar-refractivity contribution < 1.29 is 4.79 Å². The van der Waals surface area contributed by atoms with Crippen LogP contribution in [0.25, 0.3) is 0 Å². The molecule has 1 saturated heterocycles. The van der Waals surface area contributed by atoms with Gasteiger partial charge in [-0.3, -0.25) is 4.79 Å². The average Bonchev–Trinajstić information content (AvgIpc) is 2.63. The predicted octanol–water partition coefficient (Wildman–Crippen LogP) is 3.00. The molecule has 1 amide bonds. The van der Waals surface area contributed by atoms with Crippen LogP contribution in [0.15, 0.2) is 54.6 Å². The first-order valence-corrected chi connectivity index (χ1v) is 9.10. The number of para-hydroxylation sites is 1. The van der Waals surface area contributed by atoms with Gasteiger partial charge in [0.1, 0.15) is 0 Å². The molecule has 132 valence electrons. The van der Waals surface area contributed by atoms with Crippen molar-refractivity contribution in [1.29, 1.82) is 0 Å². The summed E-state index contributed by atoms with van der Waals surface area (Å²) in [6, 6.07) is 17.3. The molecule has 3 rings (SSSR count). The number of carbonyl (C=O) groups is 1. The fourth-order valence-electron chi connectivity index (χ4n) is 3.29. The zero-order valence-electron chi connectivity index (χ0n) is 14.2. The van der Waals surface area contributed by atoms with Crippen LogP contribution >= 0.6 is 11.6 Å². The molecule has 5 heteroatoms. The average molecular weight is 358 g/mol. The van der Waals surface area contributed by atoms with Crippen molar-refractivity contribution >= 4 is 23.2 Å². The fraction of sp³-hybridized carbons (Fsp3) is 0.350. The highest BCUT2D eigenvalue weighted by Crippen LogP contribution is 2.27. The zero-order chi connectivity index (χ0) is 17.6. The molecule has 2 aromatic carbocycles. The number of amides is 1. The maximum atomic E-state index is 12.4. The van der Waals surface area contributed by atoms with Crippen LogP contribution in [0, 0.1) is 0 Å². The molecule has 1 fully saturated rings. The lowest BCUT2D eigenvalue weighted by Crippen LogP contribution is -2.52. The molecule has 1 heterocycles. The van der Waals surface area contributed by atoms with E-state index in [4.69, 9.17) is 17.3 Å². The van der Waals surface area contributed by atoms with Crippen LogP contribution in [0.5, 0.6) is 0 Å². The Morgan fingerprint density at radius 1 is 1.20 bits per heavy atom. The van der Waals surface area contributed by atoms with Gasteiger partial charge in [0.15, 0.2) is 0 Å². The third-order valence-electron chi connectivity index (χ3n) is 4.60. The molecule has 4 nitrogen and oxygen atoms in total. The van der Waals surface area contributed by atoms with Crippen molar-refractivity contribution in [2.75, 3.05) is 18.0 Å². The number of rotatable bonds is 5. The SMILES string of the molecule is NC(Cc1ccccc1)C(=O)NC1CCCN(c2ccccc2Cl)C1. The second-order valence-corrected chi connectivity index (χ2v) is 6.95. The Balaban J connectivity index is 1.57. The number of carbonyl (C=O) groups excluding carboxylic acids is 1. The standard InChI is InChI=1S/C20H24ClN3O/c21-17-10-4-5-11-19(17)24-12-6-9-16(14-24)23-20(25)18(22)13-15-7-2-1-3-8-15/h1-5,7-8,10-11,16,18H,6,9,12-14,22H2,(H,23,25). The lowest BCUT2D eigenvalue weighted by molar-refractivity contribution is -0.123. The molecule has 1 aliphatic heterocycles. The second-order valence-electron chi connectivity index (χ2n) is 6.54. The number of benzene rings is 2. The first-order valence-electron chi connectivity index (χ1n) is 8.73. The van der Waals surface area contributed by atoms with E-state index < -0.39 is 6.04 Å². The molecule has 0 aromatic heterocycles. The van der Waals surface area contributed by atoms with Gasteiger partial charge in [0.05, 0.1) is 16.8 Å². The van der Waals surface area contributed by atoms with Gasteiger partial charge < -0.3 is 16.0 Å². The van der Waals surface area contributed by atoms with E-state index in [1.807, 2.05) is 54.6 Å². The maximum absolute atomic E-state index is 12.4. The highest BCUT2D eigenvalue weighted by atomic mass is 35.5. The van der Waals surface area contributed by atoms with E-state index in [2.05, 4.69) is 10.2 Å². The number of hydrogen-bond acceptors (Lipinski definition) is 3. The molecule has 0 bridgehead atoms. The van der Waals surface area contributed by atoms with Crippen molar-refractivity contribution in [2.45, 2.75) is 31.3 Å². The van der Waals surface area contributed by atoms with Gasteiger partial charge in [-0.25, -0.2) is 0 Å². The van der Waals surface area contributed by atoms with Gasteiger partial charge in [0.2, 0.25) is 5.91 Å². The Labute approximate surface area is 154 Å². The summed E-state index contributed by atoms with van der Waals surface area (Å²) in [4.78, 5) is 14.7. The van der Waals surface area contributed by atoms with Gasteiger partial charge in [0, 0.05) is 19.1 Å². The number of hydrogen-bond donors (Lipinski definition) is 2. The largest absolute Gasteiger partial charge is 0.368 e. The Kier molecular flexibility index (Phi) is 5.95. The van der Waals surface area contributed by atoms with Crippen molar-refractivity contribution in [3.05, 3.63) is 65.2 Å². The van der Waals surface area contributed by atoms with Crippen LogP contribution in [0.3, 0.4) is 0 Å². The molecule has 0 radical (unpaired) electrons. The summed E-state index contributed by atoms with van der Waals surface area (Å²) in [5.74, 6) is -0.0881. The first kappa shape index (κ1) is 17.8. The molecule has 0 saturated carbocycles. The Morgan fingerprint density at radius 2 is 1.92 bits per heavy atom. The number of nitrogens with one attached hydrogen (secondary N) is 1. The van der Waals surface area contributed by atoms with Gasteiger partial charge >= 0.3 is 0 Å². The summed E-state index contributed by atoms with van der Waals surface area (Å²) in [5, 5.41) is 3.86. The molecular weight excluding hydrogens is 334 g/mol. The normalized spacial score (nSPS) is 18.6. The maximum Gasteiger partial charge on any atom is 0.237 e. The van der Waals surface area contributed by atoms with Gasteiger partial charge in [0.25, 0.3) is 0 Å². The van der Waals surface area contributed by atoms with Crippen LogP contribution in [-0.2, 0) is 11.2 Å². The van der Waals surface area contributed by atoms with Crippen LogP contribution in [0.1, 0.15) is 18.4 Å². The summed E-state index contributed by atoms with van der Waals surface area (Å²) in [6.45, 7) is 1.71.